The molecule has 0 radical (unpaired) electrons. The lowest BCUT2D eigenvalue weighted by molar-refractivity contribution is 0.205. The topological polar surface area (TPSA) is 60.9 Å². The third kappa shape index (κ3) is 2.38. The van der Waals surface area contributed by atoms with Crippen molar-refractivity contribution in [2.45, 2.75) is 38.8 Å². The molecule has 1 aromatic heterocycles. The monoisotopic (exact) mass is 209 g/mol. The van der Waals surface area contributed by atoms with E-state index in [4.69, 9.17) is 0 Å². The number of H-pyrrole nitrogens is 1. The summed E-state index contributed by atoms with van der Waals surface area (Å²) in [6, 6.07) is 0.476. The number of aromatic nitrogens is 2. The van der Waals surface area contributed by atoms with Gasteiger partial charge in [-0.2, -0.15) is 5.10 Å². The van der Waals surface area contributed by atoms with Crippen LogP contribution < -0.4 is 5.32 Å². The summed E-state index contributed by atoms with van der Waals surface area (Å²) in [6.07, 6.45) is 5.43. The second-order valence-electron chi connectivity index (χ2n) is 4.38. The van der Waals surface area contributed by atoms with Crippen LogP contribution >= 0.6 is 0 Å². The van der Waals surface area contributed by atoms with Crippen molar-refractivity contribution in [2.75, 3.05) is 6.61 Å². The molecule has 1 aromatic rings. The molecule has 2 rings (SSSR count). The molecule has 15 heavy (non-hydrogen) atoms. The summed E-state index contributed by atoms with van der Waals surface area (Å²) in [4.78, 5) is 0. The molecule has 1 fully saturated rings. The van der Waals surface area contributed by atoms with E-state index in [9.17, 15) is 5.11 Å². The van der Waals surface area contributed by atoms with Crippen LogP contribution in [0.2, 0.25) is 0 Å². The molecule has 84 valence electrons. The second kappa shape index (κ2) is 4.77. The Morgan fingerprint density at radius 3 is 3.13 bits per heavy atom. The van der Waals surface area contributed by atoms with Gasteiger partial charge in [0.05, 0.1) is 6.20 Å². The zero-order valence-corrected chi connectivity index (χ0v) is 9.16. The summed E-state index contributed by atoms with van der Waals surface area (Å²) in [5, 5.41) is 19.6. The van der Waals surface area contributed by atoms with Gasteiger partial charge in [0.1, 0.15) is 0 Å². The fourth-order valence-electron chi connectivity index (χ4n) is 2.32. The highest BCUT2D eigenvalue weighted by Crippen LogP contribution is 2.25. The maximum absolute atomic E-state index is 9.19. The number of nitrogens with zero attached hydrogens (tertiary/aromatic N) is 1. The molecular weight excluding hydrogens is 190 g/mol. The maximum atomic E-state index is 9.19. The number of aromatic amines is 1. The molecular formula is C11H19N3O. The quantitative estimate of drug-likeness (QED) is 0.692. The van der Waals surface area contributed by atoms with Gasteiger partial charge in [-0.15, -0.1) is 0 Å². The summed E-state index contributed by atoms with van der Waals surface area (Å²) in [6.45, 7) is 3.19. The molecule has 0 amide bonds. The number of aryl methyl sites for hydroxylation is 1. The average molecular weight is 209 g/mol. The number of aliphatic hydroxyl groups excluding tert-OH is 1. The van der Waals surface area contributed by atoms with E-state index in [0.717, 1.165) is 18.7 Å². The van der Waals surface area contributed by atoms with Crippen LogP contribution in [0, 0.1) is 12.8 Å². The first-order valence-electron chi connectivity index (χ1n) is 5.64. The van der Waals surface area contributed by atoms with Gasteiger partial charge >= 0.3 is 0 Å². The van der Waals surface area contributed by atoms with Crippen molar-refractivity contribution in [3.63, 3.8) is 0 Å². The Bertz CT molecular complexity index is 311. The van der Waals surface area contributed by atoms with Gasteiger partial charge in [0.25, 0.3) is 0 Å². The highest BCUT2D eigenvalue weighted by molar-refractivity contribution is 5.14. The normalized spacial score (nSPS) is 26.0. The minimum Gasteiger partial charge on any atom is -0.396 e. The third-order valence-electron chi connectivity index (χ3n) is 3.38. The molecule has 0 bridgehead atoms. The van der Waals surface area contributed by atoms with Crippen molar-refractivity contribution in [2.24, 2.45) is 5.92 Å². The van der Waals surface area contributed by atoms with Crippen LogP contribution in [0.5, 0.6) is 0 Å². The first kappa shape index (κ1) is 10.6. The lowest BCUT2D eigenvalue weighted by Crippen LogP contribution is -2.33. The van der Waals surface area contributed by atoms with Crippen LogP contribution in [0.25, 0.3) is 0 Å². The SMILES string of the molecule is Cc1[nH]ncc1CNC1CCCC1CO. The Morgan fingerprint density at radius 2 is 2.47 bits per heavy atom. The molecule has 1 saturated carbocycles. The Kier molecular flexibility index (Phi) is 3.38. The van der Waals surface area contributed by atoms with Gasteiger partial charge in [0.2, 0.25) is 0 Å². The van der Waals surface area contributed by atoms with E-state index >= 15 is 0 Å². The summed E-state index contributed by atoms with van der Waals surface area (Å²) in [7, 11) is 0. The number of hydrogen-bond donors (Lipinski definition) is 3. The van der Waals surface area contributed by atoms with Crippen molar-refractivity contribution in [3.8, 4) is 0 Å². The van der Waals surface area contributed by atoms with Crippen LogP contribution in [0.3, 0.4) is 0 Å². The molecule has 0 spiro atoms. The van der Waals surface area contributed by atoms with Crippen LogP contribution in [-0.4, -0.2) is 28.0 Å². The van der Waals surface area contributed by atoms with Gasteiger partial charge in [-0.05, 0) is 25.7 Å². The molecule has 1 aliphatic carbocycles. The first-order valence-corrected chi connectivity index (χ1v) is 5.64. The van der Waals surface area contributed by atoms with E-state index in [2.05, 4.69) is 15.5 Å². The number of hydrogen-bond acceptors (Lipinski definition) is 3. The number of aliphatic hydroxyl groups is 1. The fraction of sp³-hybridized carbons (Fsp3) is 0.727. The standard InChI is InChI=1S/C11H19N3O/c1-8-10(6-13-14-8)5-12-11-4-2-3-9(11)7-15/h6,9,11-12,15H,2-5,7H2,1H3,(H,13,14). The first-order chi connectivity index (χ1) is 7.31. The van der Waals surface area contributed by atoms with Crippen molar-refractivity contribution < 1.29 is 5.11 Å². The van der Waals surface area contributed by atoms with Crippen LogP contribution in [0.1, 0.15) is 30.5 Å². The van der Waals surface area contributed by atoms with Crippen molar-refractivity contribution in [1.82, 2.24) is 15.5 Å². The van der Waals surface area contributed by atoms with Crippen LogP contribution in [-0.2, 0) is 6.54 Å². The van der Waals surface area contributed by atoms with E-state index in [0.29, 0.717) is 18.6 Å². The van der Waals surface area contributed by atoms with Crippen LogP contribution in [0.15, 0.2) is 6.20 Å². The Balaban J connectivity index is 1.85. The van der Waals surface area contributed by atoms with Gasteiger partial charge < -0.3 is 10.4 Å². The summed E-state index contributed by atoms with van der Waals surface area (Å²) in [5.74, 6) is 0.442. The third-order valence-corrected chi connectivity index (χ3v) is 3.38. The van der Waals surface area contributed by atoms with Gasteiger partial charge in [-0.3, -0.25) is 5.10 Å². The predicted molar refractivity (Wildman–Crippen MR) is 58.4 cm³/mol. The minimum absolute atomic E-state index is 0.308. The van der Waals surface area contributed by atoms with Gasteiger partial charge in [-0.25, -0.2) is 0 Å². The van der Waals surface area contributed by atoms with Crippen molar-refractivity contribution in [3.05, 3.63) is 17.5 Å². The lowest BCUT2D eigenvalue weighted by Gasteiger charge is -2.18. The van der Waals surface area contributed by atoms with Gasteiger partial charge in [0.15, 0.2) is 0 Å². The molecule has 2 unspecified atom stereocenters. The van der Waals surface area contributed by atoms with Crippen molar-refractivity contribution in [1.29, 1.82) is 0 Å². The smallest absolute Gasteiger partial charge is 0.0535 e. The Morgan fingerprint density at radius 1 is 1.60 bits per heavy atom. The molecule has 2 atom stereocenters. The van der Waals surface area contributed by atoms with E-state index in [-0.39, 0.29) is 0 Å². The van der Waals surface area contributed by atoms with Crippen molar-refractivity contribution >= 4 is 0 Å². The number of nitrogens with one attached hydrogen (secondary N) is 2. The molecule has 4 heteroatoms. The molecule has 1 aliphatic rings. The maximum Gasteiger partial charge on any atom is 0.0535 e. The fourth-order valence-corrected chi connectivity index (χ4v) is 2.32. The summed E-state index contributed by atoms with van der Waals surface area (Å²) >= 11 is 0. The van der Waals surface area contributed by atoms with Crippen LogP contribution in [0.4, 0.5) is 0 Å². The van der Waals surface area contributed by atoms with Gasteiger partial charge in [-0.1, -0.05) is 6.42 Å². The predicted octanol–water partition coefficient (Wildman–Crippen LogP) is 0.969. The van der Waals surface area contributed by atoms with E-state index in [1.165, 1.54) is 18.4 Å². The zero-order valence-electron chi connectivity index (χ0n) is 9.16. The summed E-state index contributed by atoms with van der Waals surface area (Å²) < 4.78 is 0. The molecule has 0 aromatic carbocycles. The van der Waals surface area contributed by atoms with Gasteiger partial charge in [0, 0.05) is 30.5 Å². The Labute approximate surface area is 90.1 Å². The minimum atomic E-state index is 0.308. The molecule has 1 heterocycles. The Hall–Kier alpha value is -0.870. The highest BCUT2D eigenvalue weighted by Gasteiger charge is 2.25. The molecule has 3 N–H and O–H groups in total. The molecule has 0 aliphatic heterocycles. The van der Waals surface area contributed by atoms with E-state index in [1.54, 1.807) is 0 Å². The summed E-state index contributed by atoms with van der Waals surface area (Å²) in [5.41, 5.74) is 2.35. The molecule has 0 saturated heterocycles. The average Bonchev–Trinajstić information content (AvgIpc) is 2.83. The zero-order chi connectivity index (χ0) is 10.7. The van der Waals surface area contributed by atoms with E-state index < -0.39 is 0 Å². The number of rotatable bonds is 4. The highest BCUT2D eigenvalue weighted by atomic mass is 16.3. The lowest BCUT2D eigenvalue weighted by atomic mass is 10.0. The molecule has 4 nitrogen and oxygen atoms in total. The largest absolute Gasteiger partial charge is 0.396 e. The second-order valence-corrected chi connectivity index (χ2v) is 4.38. The van der Waals surface area contributed by atoms with E-state index in [1.807, 2.05) is 13.1 Å².